The largest absolute Gasteiger partial charge is 0.497 e. The fourth-order valence-electron chi connectivity index (χ4n) is 3.32. The third-order valence-corrected chi connectivity index (χ3v) is 6.00. The van der Waals surface area contributed by atoms with Crippen molar-refractivity contribution >= 4 is 23.6 Å². The molecule has 0 fully saturated rings. The molecule has 1 atom stereocenters. The van der Waals surface area contributed by atoms with E-state index in [1.807, 2.05) is 83.1 Å². The van der Waals surface area contributed by atoms with E-state index >= 15 is 0 Å². The van der Waals surface area contributed by atoms with Gasteiger partial charge >= 0.3 is 0 Å². The van der Waals surface area contributed by atoms with Gasteiger partial charge in [-0.05, 0) is 57.4 Å². The lowest BCUT2D eigenvalue weighted by molar-refractivity contribution is -0.140. The Morgan fingerprint density at radius 1 is 1.03 bits per heavy atom. The predicted molar refractivity (Wildman–Crippen MR) is 133 cm³/mol. The molecule has 2 rings (SSSR count). The summed E-state index contributed by atoms with van der Waals surface area (Å²) in [5, 5.41) is 3.04. The minimum atomic E-state index is -0.510. The van der Waals surface area contributed by atoms with E-state index in [0.29, 0.717) is 18.7 Å². The van der Waals surface area contributed by atoms with E-state index in [4.69, 9.17) is 4.74 Å². The van der Waals surface area contributed by atoms with Crippen molar-refractivity contribution < 1.29 is 14.3 Å². The molecule has 0 aliphatic rings. The first-order chi connectivity index (χ1) is 15.1. The molecule has 0 aliphatic heterocycles. The van der Waals surface area contributed by atoms with Crippen molar-refractivity contribution in [2.75, 3.05) is 12.9 Å². The van der Waals surface area contributed by atoms with Gasteiger partial charge in [0.05, 0.1) is 12.9 Å². The number of carbonyl (C=O) groups is 2. The molecule has 0 saturated heterocycles. The molecule has 0 spiro atoms. The van der Waals surface area contributed by atoms with Crippen LogP contribution >= 0.6 is 11.8 Å². The van der Waals surface area contributed by atoms with Crippen LogP contribution in [0.2, 0.25) is 0 Å². The van der Waals surface area contributed by atoms with Crippen LogP contribution < -0.4 is 10.1 Å². The Kier molecular flexibility index (Phi) is 9.63. The minimum Gasteiger partial charge on any atom is -0.497 e. The average molecular weight is 457 g/mol. The van der Waals surface area contributed by atoms with Crippen LogP contribution in [0.4, 0.5) is 0 Å². The molecule has 0 heterocycles. The highest BCUT2D eigenvalue weighted by atomic mass is 32.2. The predicted octanol–water partition coefficient (Wildman–Crippen LogP) is 4.96. The van der Waals surface area contributed by atoms with Crippen LogP contribution in [0.25, 0.3) is 0 Å². The summed E-state index contributed by atoms with van der Waals surface area (Å²) in [6, 6.07) is 15.5. The van der Waals surface area contributed by atoms with Crippen molar-refractivity contribution in [2.45, 2.75) is 64.9 Å². The summed E-state index contributed by atoms with van der Waals surface area (Å²) in [4.78, 5) is 28.0. The van der Waals surface area contributed by atoms with Gasteiger partial charge in [-0.15, -0.1) is 11.8 Å². The van der Waals surface area contributed by atoms with Gasteiger partial charge in [0, 0.05) is 17.8 Å². The maximum absolute atomic E-state index is 13.3. The second kappa shape index (κ2) is 12.0. The third kappa shape index (κ3) is 8.23. The first kappa shape index (κ1) is 25.8. The maximum Gasteiger partial charge on any atom is 0.243 e. The fraction of sp³-hybridized carbons (Fsp3) is 0.462. The third-order valence-electron chi connectivity index (χ3n) is 5.01. The number of ether oxygens (including phenoxy) is 1. The zero-order chi connectivity index (χ0) is 23.7. The lowest BCUT2D eigenvalue weighted by atomic mass is 10.1. The van der Waals surface area contributed by atoms with Gasteiger partial charge in [-0.25, -0.2) is 0 Å². The Labute approximate surface area is 196 Å². The summed E-state index contributed by atoms with van der Waals surface area (Å²) in [5.41, 5.74) is 2.96. The first-order valence-corrected chi connectivity index (χ1v) is 12.2. The highest BCUT2D eigenvalue weighted by molar-refractivity contribution is 7.99. The summed E-state index contributed by atoms with van der Waals surface area (Å²) >= 11 is 1.56. The molecule has 0 aliphatic carbocycles. The monoisotopic (exact) mass is 456 g/mol. The lowest BCUT2D eigenvalue weighted by Gasteiger charge is -2.33. The van der Waals surface area contributed by atoms with Crippen molar-refractivity contribution in [3.8, 4) is 5.75 Å². The molecule has 2 amide bonds. The fourth-order valence-corrected chi connectivity index (χ4v) is 4.19. The number of aryl methyl sites for hydroxylation is 1. The molecule has 0 aromatic heterocycles. The highest BCUT2D eigenvalue weighted by Gasteiger charge is 2.30. The van der Waals surface area contributed by atoms with Gasteiger partial charge in [-0.3, -0.25) is 9.59 Å². The van der Waals surface area contributed by atoms with Crippen LogP contribution in [0, 0.1) is 6.92 Å². The molecular formula is C26H36N2O3S. The van der Waals surface area contributed by atoms with Crippen LogP contribution in [0.5, 0.6) is 5.75 Å². The number of nitrogens with one attached hydrogen (secondary N) is 1. The molecule has 0 bridgehead atoms. The van der Waals surface area contributed by atoms with E-state index in [1.165, 1.54) is 5.56 Å². The molecule has 2 aromatic rings. The smallest absolute Gasteiger partial charge is 0.243 e. The van der Waals surface area contributed by atoms with E-state index in [0.717, 1.165) is 22.6 Å². The van der Waals surface area contributed by atoms with Crippen LogP contribution in [0.1, 0.15) is 50.8 Å². The number of nitrogens with zero attached hydrogens (tertiary/aromatic N) is 1. The van der Waals surface area contributed by atoms with Crippen molar-refractivity contribution in [2.24, 2.45) is 0 Å². The summed E-state index contributed by atoms with van der Waals surface area (Å²) in [6.07, 6.45) is 0.558. The molecule has 1 N–H and O–H groups in total. The second-order valence-electron chi connectivity index (χ2n) is 9.01. The second-order valence-corrected chi connectivity index (χ2v) is 10.00. The molecule has 2 aromatic carbocycles. The first-order valence-electron chi connectivity index (χ1n) is 11.0. The van der Waals surface area contributed by atoms with E-state index in [9.17, 15) is 9.59 Å². The van der Waals surface area contributed by atoms with Crippen LogP contribution in [-0.4, -0.2) is 41.2 Å². The van der Waals surface area contributed by atoms with Gasteiger partial charge in [0.15, 0.2) is 0 Å². The molecule has 6 heteroatoms. The zero-order valence-electron chi connectivity index (χ0n) is 20.1. The normalized spacial score (nSPS) is 12.2. The summed E-state index contributed by atoms with van der Waals surface area (Å²) in [6.45, 7) is 10.3. The van der Waals surface area contributed by atoms with Gasteiger partial charge in [-0.2, -0.15) is 0 Å². The quantitative estimate of drug-likeness (QED) is 0.549. The van der Waals surface area contributed by atoms with E-state index < -0.39 is 6.04 Å². The van der Waals surface area contributed by atoms with Crippen molar-refractivity contribution in [1.82, 2.24) is 10.2 Å². The molecule has 32 heavy (non-hydrogen) atoms. The Bertz CT molecular complexity index is 873. The van der Waals surface area contributed by atoms with Gasteiger partial charge in [0.25, 0.3) is 0 Å². The highest BCUT2D eigenvalue weighted by Crippen LogP contribution is 2.20. The Morgan fingerprint density at radius 2 is 1.62 bits per heavy atom. The number of hydrogen-bond acceptors (Lipinski definition) is 4. The lowest BCUT2D eigenvalue weighted by Crippen LogP contribution is -2.53. The Balaban J connectivity index is 2.12. The topological polar surface area (TPSA) is 58.6 Å². The van der Waals surface area contributed by atoms with Crippen LogP contribution in [0.15, 0.2) is 48.5 Å². The number of rotatable bonds is 10. The molecular weight excluding hydrogens is 420 g/mol. The molecule has 174 valence electrons. The summed E-state index contributed by atoms with van der Waals surface area (Å²) in [7, 11) is 1.64. The SMILES string of the molecule is CC[C@@H](C(=O)NC(C)(C)C)N(Cc1ccc(C)cc1)C(=O)CSCc1ccc(OC)cc1. The molecule has 0 radical (unpaired) electrons. The van der Waals surface area contributed by atoms with E-state index in [2.05, 4.69) is 5.32 Å². The van der Waals surface area contributed by atoms with Gasteiger partial charge < -0.3 is 15.0 Å². The molecule has 0 saturated carbocycles. The summed E-state index contributed by atoms with van der Waals surface area (Å²) in [5.74, 6) is 1.71. The van der Waals surface area contributed by atoms with Gasteiger partial charge in [-0.1, -0.05) is 48.9 Å². The van der Waals surface area contributed by atoms with E-state index in [-0.39, 0.29) is 17.4 Å². The standard InChI is InChI=1S/C26H36N2O3S/c1-7-23(25(30)27-26(3,4)5)28(16-20-10-8-19(2)9-11-20)24(29)18-32-17-21-12-14-22(31-6)15-13-21/h8-15,23H,7,16-18H2,1-6H3,(H,27,30)/t23-/m0/s1. The van der Waals surface area contributed by atoms with Crippen molar-refractivity contribution in [3.05, 3.63) is 65.2 Å². The number of carbonyl (C=O) groups excluding carboxylic acids is 2. The average Bonchev–Trinajstić information content (AvgIpc) is 2.74. The van der Waals surface area contributed by atoms with Crippen LogP contribution in [0.3, 0.4) is 0 Å². The summed E-state index contributed by atoms with van der Waals surface area (Å²) < 4.78 is 5.20. The number of methoxy groups -OCH3 is 1. The Morgan fingerprint density at radius 3 is 2.16 bits per heavy atom. The number of benzene rings is 2. The molecule has 5 nitrogen and oxygen atoms in total. The zero-order valence-corrected chi connectivity index (χ0v) is 20.9. The maximum atomic E-state index is 13.3. The number of thioether (sulfide) groups is 1. The van der Waals surface area contributed by atoms with Gasteiger partial charge in [0.2, 0.25) is 11.8 Å². The van der Waals surface area contributed by atoms with E-state index in [1.54, 1.807) is 23.8 Å². The van der Waals surface area contributed by atoms with Gasteiger partial charge in [0.1, 0.15) is 11.8 Å². The van der Waals surface area contributed by atoms with Crippen molar-refractivity contribution in [1.29, 1.82) is 0 Å². The Hall–Kier alpha value is -2.47. The van der Waals surface area contributed by atoms with Crippen molar-refractivity contribution in [3.63, 3.8) is 0 Å². The minimum absolute atomic E-state index is 0.0278. The number of hydrogen-bond donors (Lipinski definition) is 1. The molecule has 0 unspecified atom stereocenters. The van der Waals surface area contributed by atoms with Crippen LogP contribution in [-0.2, 0) is 21.9 Å². The number of amides is 2.